The van der Waals surface area contributed by atoms with Crippen molar-refractivity contribution in [2.75, 3.05) is 14.2 Å². The van der Waals surface area contributed by atoms with Gasteiger partial charge in [-0.15, -0.1) is 0 Å². The number of hydrogen-bond donors (Lipinski definition) is 0. The van der Waals surface area contributed by atoms with Crippen molar-refractivity contribution in [2.45, 2.75) is 50.9 Å². The summed E-state index contributed by atoms with van der Waals surface area (Å²) in [6, 6.07) is 1.05. The monoisotopic (exact) mass is 218 g/mol. The van der Waals surface area contributed by atoms with E-state index in [1.165, 1.54) is 25.7 Å². The Morgan fingerprint density at radius 1 is 1.14 bits per heavy atom. The molecule has 1 aliphatic carbocycles. The maximum Gasteiger partial charge on any atom is 0.320 e. The Balaban J connectivity index is 0.000000140. The molecule has 0 aromatic rings. The van der Waals surface area contributed by atoms with Gasteiger partial charge in [-0.05, 0) is 18.9 Å². The summed E-state index contributed by atoms with van der Waals surface area (Å²) in [7, 11) is 2.23. The van der Waals surface area contributed by atoms with Crippen molar-refractivity contribution in [3.05, 3.63) is 0 Å². The Morgan fingerprint density at radius 2 is 1.64 bits per heavy atom. The average molecular weight is 218 g/mol. The topological polar surface area (TPSA) is 31.0 Å². The average Bonchev–Trinajstić information content (AvgIpc) is 3.00. The first-order chi connectivity index (χ1) is 6.81. The van der Waals surface area contributed by atoms with Gasteiger partial charge in [-0.25, -0.2) is 0 Å². The number of hydrogen-bond acceptors (Lipinski definition) is 3. The molecule has 1 heterocycles. The zero-order chi connectivity index (χ0) is 10.4. The normalized spacial score (nSPS) is 29.1. The van der Waals surface area contributed by atoms with Gasteiger partial charge in [-0.2, -0.15) is 0 Å². The molecule has 2 aliphatic rings. The van der Waals surface area contributed by atoms with Crippen LogP contribution in [0.5, 0.6) is 0 Å². The summed E-state index contributed by atoms with van der Waals surface area (Å²) in [6.07, 6.45) is 6.89. The van der Waals surface area contributed by atoms with E-state index in [1.54, 1.807) is 14.2 Å². The first kappa shape index (κ1) is 12.2. The second kappa shape index (κ2) is 6.56. The Kier molecular flexibility index (Phi) is 5.70. The summed E-state index contributed by atoms with van der Waals surface area (Å²) >= 11 is 0. The van der Waals surface area contributed by atoms with Crippen LogP contribution in [0.3, 0.4) is 0 Å². The summed E-state index contributed by atoms with van der Waals surface area (Å²) < 4.78 is 15.2. The minimum absolute atomic E-state index is 0.703. The van der Waals surface area contributed by atoms with Crippen LogP contribution >= 0.6 is 0 Å². The van der Waals surface area contributed by atoms with Crippen molar-refractivity contribution in [2.24, 2.45) is 0 Å². The Hall–Kier alpha value is 0.0969. The van der Waals surface area contributed by atoms with Gasteiger partial charge in [0.2, 0.25) is 0 Å². The summed E-state index contributed by atoms with van der Waals surface area (Å²) in [5.41, 5.74) is 0. The molecule has 1 saturated heterocycles. The predicted octanol–water partition coefficient (Wildman–Crippen LogP) is 1.85. The first-order valence-corrected chi connectivity index (χ1v) is 7.28. The Bertz CT molecular complexity index is 135. The van der Waals surface area contributed by atoms with E-state index in [0.29, 0.717) is 12.2 Å². The van der Waals surface area contributed by atoms with Crippen LogP contribution in [-0.4, -0.2) is 35.7 Å². The van der Waals surface area contributed by atoms with E-state index in [0.717, 1.165) is 6.04 Å². The largest absolute Gasteiger partial charge is 0.400 e. The van der Waals surface area contributed by atoms with E-state index in [9.17, 15) is 0 Å². The van der Waals surface area contributed by atoms with E-state index >= 15 is 0 Å². The molecule has 2 rings (SSSR count). The smallest absolute Gasteiger partial charge is 0.320 e. The maximum atomic E-state index is 5.28. The van der Waals surface area contributed by atoms with Gasteiger partial charge in [0.15, 0.2) is 0 Å². The lowest BCUT2D eigenvalue weighted by atomic mass is 10.0. The third kappa shape index (κ3) is 4.08. The molecule has 2 fully saturated rings. The molecule has 2 atom stereocenters. The highest BCUT2D eigenvalue weighted by molar-refractivity contribution is 6.44. The molecule has 1 aliphatic heterocycles. The minimum atomic E-state index is -1.17. The molecule has 14 heavy (non-hydrogen) atoms. The second-order valence-electron chi connectivity index (χ2n) is 3.81. The lowest BCUT2D eigenvalue weighted by molar-refractivity contribution is 0.279. The van der Waals surface area contributed by atoms with Crippen LogP contribution in [0.25, 0.3) is 0 Å². The van der Waals surface area contributed by atoms with E-state index in [2.05, 4.69) is 6.92 Å². The molecule has 1 saturated carbocycles. The van der Waals surface area contributed by atoms with Gasteiger partial charge < -0.3 is 13.6 Å². The van der Waals surface area contributed by atoms with Gasteiger partial charge in [-0.3, -0.25) is 0 Å². The van der Waals surface area contributed by atoms with E-state index in [4.69, 9.17) is 13.6 Å². The van der Waals surface area contributed by atoms with Crippen molar-refractivity contribution < 1.29 is 13.6 Å². The highest BCUT2D eigenvalue weighted by atomic mass is 28.3. The fourth-order valence-electron chi connectivity index (χ4n) is 1.81. The van der Waals surface area contributed by atoms with Crippen LogP contribution in [0.15, 0.2) is 0 Å². The molecular formula is C10H22O3Si. The van der Waals surface area contributed by atoms with Crippen molar-refractivity contribution in [3.8, 4) is 0 Å². The van der Waals surface area contributed by atoms with Gasteiger partial charge in [0.25, 0.3) is 0 Å². The Morgan fingerprint density at radius 3 is 1.86 bits per heavy atom. The minimum Gasteiger partial charge on any atom is -0.400 e. The van der Waals surface area contributed by atoms with Crippen LogP contribution in [0.4, 0.5) is 0 Å². The molecular weight excluding hydrogens is 196 g/mol. The summed E-state index contributed by atoms with van der Waals surface area (Å²) in [4.78, 5) is 0. The van der Waals surface area contributed by atoms with Crippen molar-refractivity contribution in [3.63, 3.8) is 0 Å². The van der Waals surface area contributed by atoms with E-state index in [-0.39, 0.29) is 0 Å². The van der Waals surface area contributed by atoms with Crippen LogP contribution < -0.4 is 0 Å². The molecule has 2 unspecified atom stereocenters. The van der Waals surface area contributed by atoms with Gasteiger partial charge in [0.05, 0.1) is 12.2 Å². The third-order valence-corrected chi connectivity index (χ3v) is 4.49. The quantitative estimate of drug-likeness (QED) is 0.535. The molecule has 3 nitrogen and oxygen atoms in total. The summed E-state index contributed by atoms with van der Waals surface area (Å²) in [6.45, 7) is 2.07. The molecule has 0 bridgehead atoms. The molecule has 0 aromatic carbocycles. The van der Waals surface area contributed by atoms with Crippen molar-refractivity contribution in [1.82, 2.24) is 0 Å². The highest BCUT2D eigenvalue weighted by Gasteiger charge is 2.39. The lowest BCUT2D eigenvalue weighted by Gasteiger charge is -2.05. The molecule has 0 N–H and O–H groups in total. The molecule has 0 amide bonds. The van der Waals surface area contributed by atoms with Gasteiger partial charge >= 0.3 is 9.28 Å². The molecule has 4 heteroatoms. The summed E-state index contributed by atoms with van der Waals surface area (Å²) in [5.74, 6) is 0. The zero-order valence-corrected chi connectivity index (χ0v) is 10.6. The molecule has 84 valence electrons. The maximum absolute atomic E-state index is 5.28. The predicted molar refractivity (Wildman–Crippen MR) is 58.8 cm³/mol. The first-order valence-electron chi connectivity index (χ1n) is 5.52. The van der Waals surface area contributed by atoms with Crippen LogP contribution in [-0.2, 0) is 13.6 Å². The van der Waals surface area contributed by atoms with Gasteiger partial charge in [0, 0.05) is 14.2 Å². The van der Waals surface area contributed by atoms with Crippen LogP contribution in [0.1, 0.15) is 32.6 Å². The SMILES string of the molecule is C1CCC2OC2C1.CC[SiH](OC)OC. The Labute approximate surface area is 88.6 Å². The standard InChI is InChI=1S/C6H10O.C4H12O2Si/c1-2-4-6-5(3-1)7-6;1-4-7(5-2)6-3/h5-6H,1-4H2;7H,4H2,1-3H3. The van der Waals surface area contributed by atoms with Gasteiger partial charge in [-0.1, -0.05) is 19.8 Å². The highest BCUT2D eigenvalue weighted by Crippen LogP contribution is 2.35. The number of fused-ring (bicyclic) bond motifs is 1. The summed E-state index contributed by atoms with van der Waals surface area (Å²) in [5, 5.41) is 0. The lowest BCUT2D eigenvalue weighted by Crippen LogP contribution is -2.16. The van der Waals surface area contributed by atoms with Crippen LogP contribution in [0.2, 0.25) is 6.04 Å². The van der Waals surface area contributed by atoms with E-state index < -0.39 is 9.28 Å². The second-order valence-corrected chi connectivity index (χ2v) is 6.43. The van der Waals surface area contributed by atoms with Gasteiger partial charge in [0.1, 0.15) is 0 Å². The fraction of sp³-hybridized carbons (Fsp3) is 1.00. The number of epoxide rings is 1. The zero-order valence-electron chi connectivity index (χ0n) is 9.49. The van der Waals surface area contributed by atoms with Crippen molar-refractivity contribution in [1.29, 1.82) is 0 Å². The molecule has 0 aromatic heterocycles. The van der Waals surface area contributed by atoms with Crippen LogP contribution in [0, 0.1) is 0 Å². The molecule has 0 radical (unpaired) electrons. The van der Waals surface area contributed by atoms with Crippen molar-refractivity contribution >= 4 is 9.28 Å². The molecule has 0 spiro atoms. The third-order valence-electron chi connectivity index (χ3n) is 2.77. The number of ether oxygens (including phenoxy) is 1. The fourth-order valence-corrected chi connectivity index (χ4v) is 2.67. The van der Waals surface area contributed by atoms with E-state index in [1.807, 2.05) is 0 Å². The number of rotatable bonds is 3.